The van der Waals surface area contributed by atoms with Crippen molar-refractivity contribution in [3.63, 3.8) is 0 Å². The molecule has 10 nitrogen and oxygen atoms in total. The van der Waals surface area contributed by atoms with E-state index < -0.39 is 6.09 Å². The Morgan fingerprint density at radius 1 is 1.15 bits per heavy atom. The van der Waals surface area contributed by atoms with E-state index >= 15 is 0 Å². The van der Waals surface area contributed by atoms with Gasteiger partial charge in [-0.15, -0.1) is 0 Å². The molecule has 6 N–H and O–H groups in total. The first-order valence-electron chi connectivity index (χ1n) is 11.2. The van der Waals surface area contributed by atoms with Gasteiger partial charge in [-0.1, -0.05) is 36.4 Å². The number of nitrogens with zero attached hydrogens (tertiary/aromatic N) is 4. The summed E-state index contributed by atoms with van der Waals surface area (Å²) in [5.41, 5.74) is 15.3. The normalized spacial score (nSPS) is 15.9. The van der Waals surface area contributed by atoms with Crippen LogP contribution in [0, 0.1) is 0 Å². The quantitative estimate of drug-likeness (QED) is 0.357. The molecule has 0 radical (unpaired) electrons. The Hall–Kier alpha value is -4.34. The van der Waals surface area contributed by atoms with Gasteiger partial charge in [-0.3, -0.25) is 5.10 Å². The number of carbonyl (C=O) groups excluding carboxylic acids is 1. The highest BCUT2D eigenvalue weighted by Gasteiger charge is 2.24. The Kier molecular flexibility index (Phi) is 5.86. The molecule has 1 saturated heterocycles. The fourth-order valence-corrected chi connectivity index (χ4v) is 4.20. The standard InChI is InChI=1S/C24H26N8O2/c25-22-18-9-8-16(11-20(18)30-31-22)19-12-21(29-23(26)28-19)32-10-4-7-17(13-32)27-24(33)34-14-15-5-2-1-3-6-15/h1-3,5-6,8-9,11-12,17H,4,7,10,13-14H2,(H,27,33)(H3,25,30,31)(H2,26,28,29). The lowest BCUT2D eigenvalue weighted by molar-refractivity contribution is 0.134. The number of benzene rings is 2. The number of anilines is 3. The topological polar surface area (TPSA) is 148 Å². The monoisotopic (exact) mass is 458 g/mol. The van der Waals surface area contributed by atoms with Gasteiger partial charge in [-0.25, -0.2) is 9.78 Å². The van der Waals surface area contributed by atoms with Crippen LogP contribution in [-0.2, 0) is 11.3 Å². The summed E-state index contributed by atoms with van der Waals surface area (Å²) in [5.74, 6) is 1.36. The zero-order valence-electron chi connectivity index (χ0n) is 18.6. The molecule has 10 heteroatoms. The molecule has 5 rings (SSSR count). The van der Waals surface area contributed by atoms with Crippen LogP contribution in [0.1, 0.15) is 18.4 Å². The van der Waals surface area contributed by atoms with Crippen molar-refractivity contribution in [1.29, 1.82) is 0 Å². The fraction of sp³-hybridized carbons (Fsp3) is 0.250. The van der Waals surface area contributed by atoms with Crippen LogP contribution in [0.5, 0.6) is 0 Å². The van der Waals surface area contributed by atoms with Gasteiger partial charge in [-0.05, 0) is 30.5 Å². The maximum Gasteiger partial charge on any atom is 0.407 e. The maximum atomic E-state index is 12.3. The number of aromatic nitrogens is 4. The van der Waals surface area contributed by atoms with Gasteiger partial charge in [0.2, 0.25) is 5.95 Å². The number of aromatic amines is 1. The van der Waals surface area contributed by atoms with Crippen LogP contribution in [0.2, 0.25) is 0 Å². The van der Waals surface area contributed by atoms with Crippen molar-refractivity contribution in [2.45, 2.75) is 25.5 Å². The van der Waals surface area contributed by atoms with Gasteiger partial charge in [0, 0.05) is 36.1 Å². The molecule has 1 aliphatic heterocycles. The molecule has 4 aromatic rings. The first-order valence-corrected chi connectivity index (χ1v) is 11.2. The Balaban J connectivity index is 1.27. The van der Waals surface area contributed by atoms with Crippen LogP contribution in [0.3, 0.4) is 0 Å². The number of carbonyl (C=O) groups is 1. The number of amides is 1. The SMILES string of the molecule is Nc1nc(-c2ccc3c(N)n[nH]c3c2)cc(N2CCCC(NC(=O)OCc3ccccc3)C2)n1. The number of nitrogens with two attached hydrogens (primary N) is 2. The van der Waals surface area contributed by atoms with E-state index in [2.05, 4.69) is 30.4 Å². The van der Waals surface area contributed by atoms with Crippen LogP contribution in [0.15, 0.2) is 54.6 Å². The molecular formula is C24H26N8O2. The minimum Gasteiger partial charge on any atom is -0.445 e. The third-order valence-corrected chi connectivity index (χ3v) is 5.90. The molecule has 2 aromatic carbocycles. The number of nitrogens with one attached hydrogen (secondary N) is 2. The molecule has 1 aliphatic rings. The van der Waals surface area contributed by atoms with Gasteiger partial charge in [0.25, 0.3) is 0 Å². The Bertz CT molecular complexity index is 1310. The van der Waals surface area contributed by atoms with E-state index in [1.54, 1.807) is 0 Å². The molecule has 2 aromatic heterocycles. The van der Waals surface area contributed by atoms with Gasteiger partial charge in [0.05, 0.1) is 11.2 Å². The molecule has 0 aliphatic carbocycles. The number of nitrogen functional groups attached to an aromatic ring is 2. The highest BCUT2D eigenvalue weighted by Crippen LogP contribution is 2.28. The molecule has 3 heterocycles. The highest BCUT2D eigenvalue weighted by molar-refractivity contribution is 5.91. The van der Waals surface area contributed by atoms with Crippen molar-refractivity contribution in [1.82, 2.24) is 25.5 Å². The number of rotatable bonds is 5. The molecule has 1 unspecified atom stereocenters. The van der Waals surface area contributed by atoms with Crippen LogP contribution in [-0.4, -0.2) is 45.4 Å². The summed E-state index contributed by atoms with van der Waals surface area (Å²) in [7, 11) is 0. The van der Waals surface area contributed by atoms with Gasteiger partial charge in [-0.2, -0.15) is 10.1 Å². The molecule has 1 amide bonds. The van der Waals surface area contributed by atoms with Crippen molar-refractivity contribution >= 4 is 34.6 Å². The second-order valence-corrected chi connectivity index (χ2v) is 8.33. The van der Waals surface area contributed by atoms with Gasteiger partial charge in [0.15, 0.2) is 5.82 Å². The fourth-order valence-electron chi connectivity index (χ4n) is 4.20. The first kappa shape index (κ1) is 21.5. The van der Waals surface area contributed by atoms with Crippen LogP contribution in [0.25, 0.3) is 22.2 Å². The summed E-state index contributed by atoms with van der Waals surface area (Å²) in [5, 5.41) is 10.8. The predicted molar refractivity (Wildman–Crippen MR) is 131 cm³/mol. The maximum absolute atomic E-state index is 12.3. The van der Waals surface area contributed by atoms with Crippen LogP contribution in [0.4, 0.5) is 22.4 Å². The summed E-state index contributed by atoms with van der Waals surface area (Å²) in [4.78, 5) is 23.3. The van der Waals surface area contributed by atoms with Gasteiger partial charge < -0.3 is 26.4 Å². The van der Waals surface area contributed by atoms with Gasteiger partial charge in [0.1, 0.15) is 12.4 Å². The number of hydrogen-bond acceptors (Lipinski definition) is 8. The van der Waals surface area contributed by atoms with Crippen molar-refractivity contribution in [2.75, 3.05) is 29.5 Å². The second kappa shape index (κ2) is 9.26. The number of piperidine rings is 1. The summed E-state index contributed by atoms with van der Waals surface area (Å²) in [6, 6.07) is 17.2. The van der Waals surface area contributed by atoms with Crippen LogP contribution < -0.4 is 21.7 Å². The van der Waals surface area contributed by atoms with E-state index in [1.807, 2.05) is 54.6 Å². The minimum atomic E-state index is -0.425. The summed E-state index contributed by atoms with van der Waals surface area (Å²) >= 11 is 0. The summed E-state index contributed by atoms with van der Waals surface area (Å²) < 4.78 is 5.37. The van der Waals surface area contributed by atoms with E-state index in [0.717, 1.165) is 47.2 Å². The Morgan fingerprint density at radius 3 is 2.85 bits per heavy atom. The summed E-state index contributed by atoms with van der Waals surface area (Å²) in [6.07, 6.45) is 1.34. The highest BCUT2D eigenvalue weighted by atomic mass is 16.5. The molecular weight excluding hydrogens is 432 g/mol. The Labute approximate surface area is 196 Å². The molecule has 174 valence electrons. The third kappa shape index (κ3) is 4.70. The average Bonchev–Trinajstić information content (AvgIpc) is 3.23. The number of hydrogen-bond donors (Lipinski definition) is 4. The third-order valence-electron chi connectivity index (χ3n) is 5.90. The van der Waals surface area contributed by atoms with E-state index in [0.29, 0.717) is 18.1 Å². The van der Waals surface area contributed by atoms with E-state index in [-0.39, 0.29) is 18.6 Å². The number of H-pyrrole nitrogens is 1. The van der Waals surface area contributed by atoms with E-state index in [9.17, 15) is 4.79 Å². The smallest absolute Gasteiger partial charge is 0.407 e. The Morgan fingerprint density at radius 2 is 2.00 bits per heavy atom. The second-order valence-electron chi connectivity index (χ2n) is 8.33. The van der Waals surface area contributed by atoms with Crippen molar-refractivity contribution in [3.05, 3.63) is 60.2 Å². The number of ether oxygens (including phenoxy) is 1. The molecule has 0 spiro atoms. The first-order chi connectivity index (χ1) is 16.5. The van der Waals surface area contributed by atoms with Gasteiger partial charge >= 0.3 is 6.09 Å². The zero-order chi connectivity index (χ0) is 23.5. The number of alkyl carbamates (subject to hydrolysis) is 1. The summed E-state index contributed by atoms with van der Waals surface area (Å²) in [6.45, 7) is 1.65. The lowest BCUT2D eigenvalue weighted by atomic mass is 10.1. The number of fused-ring (bicyclic) bond motifs is 1. The van der Waals surface area contributed by atoms with Crippen molar-refractivity contribution < 1.29 is 9.53 Å². The molecule has 0 saturated carbocycles. The minimum absolute atomic E-state index is 0.0546. The lowest BCUT2D eigenvalue weighted by Gasteiger charge is -2.33. The van der Waals surface area contributed by atoms with E-state index in [1.165, 1.54) is 0 Å². The largest absolute Gasteiger partial charge is 0.445 e. The van der Waals surface area contributed by atoms with Crippen molar-refractivity contribution in [2.24, 2.45) is 0 Å². The van der Waals surface area contributed by atoms with Crippen LogP contribution >= 0.6 is 0 Å². The molecule has 34 heavy (non-hydrogen) atoms. The van der Waals surface area contributed by atoms with Crippen molar-refractivity contribution in [3.8, 4) is 11.3 Å². The average molecular weight is 459 g/mol. The molecule has 1 fully saturated rings. The molecule has 0 bridgehead atoms. The predicted octanol–water partition coefficient (Wildman–Crippen LogP) is 3.08. The van der Waals surface area contributed by atoms with E-state index in [4.69, 9.17) is 16.2 Å². The lowest BCUT2D eigenvalue weighted by Crippen LogP contribution is -2.48. The molecule has 1 atom stereocenters. The zero-order valence-corrected chi connectivity index (χ0v) is 18.6.